The lowest BCUT2D eigenvalue weighted by Crippen LogP contribution is -2.41. The van der Waals surface area contributed by atoms with Gasteiger partial charge in [0.1, 0.15) is 11.7 Å². The molecule has 0 radical (unpaired) electrons. The molecule has 0 bridgehead atoms. The highest BCUT2D eigenvalue weighted by atomic mass is 16.5. The minimum absolute atomic E-state index is 0.0940. The van der Waals surface area contributed by atoms with Gasteiger partial charge < -0.3 is 9.64 Å². The number of carbonyl (C=O) groups is 2. The predicted molar refractivity (Wildman–Crippen MR) is 69.5 cm³/mol. The Labute approximate surface area is 112 Å². The normalized spacial score (nSPS) is 21.2. The number of hydrogen-bond acceptors (Lipinski definition) is 4. The Morgan fingerprint density at radius 1 is 1.42 bits per heavy atom. The molecule has 0 unspecified atom stereocenters. The van der Waals surface area contributed by atoms with Gasteiger partial charge in [-0.3, -0.25) is 9.78 Å². The number of esters is 1. The van der Waals surface area contributed by atoms with Crippen molar-refractivity contribution in [3.8, 4) is 0 Å². The number of hydrogen-bond donors (Lipinski definition) is 0. The lowest BCUT2D eigenvalue weighted by molar-refractivity contribution is -0.145. The van der Waals surface area contributed by atoms with Crippen LogP contribution in [0.2, 0.25) is 0 Å². The lowest BCUT2D eigenvalue weighted by atomic mass is 9.91. The number of likely N-dealkylation sites (tertiary alicyclic amines) is 1. The van der Waals surface area contributed by atoms with Crippen LogP contribution >= 0.6 is 0 Å². The number of amides is 1. The quantitative estimate of drug-likeness (QED) is 0.758. The topological polar surface area (TPSA) is 59.5 Å². The summed E-state index contributed by atoms with van der Waals surface area (Å²) in [5.41, 5.74) is 0.262. The van der Waals surface area contributed by atoms with E-state index in [1.165, 1.54) is 7.11 Å². The van der Waals surface area contributed by atoms with E-state index in [9.17, 15) is 9.59 Å². The third-order valence-corrected chi connectivity index (χ3v) is 3.34. The fourth-order valence-electron chi connectivity index (χ4n) is 2.47. The van der Waals surface area contributed by atoms with Crippen molar-refractivity contribution >= 4 is 11.9 Å². The van der Waals surface area contributed by atoms with E-state index in [0.717, 1.165) is 0 Å². The third kappa shape index (κ3) is 2.75. The van der Waals surface area contributed by atoms with E-state index in [4.69, 9.17) is 4.74 Å². The molecule has 5 nitrogen and oxygen atoms in total. The van der Waals surface area contributed by atoms with Crippen molar-refractivity contribution in [1.82, 2.24) is 9.88 Å². The summed E-state index contributed by atoms with van der Waals surface area (Å²) in [6.07, 6.45) is 2.18. The van der Waals surface area contributed by atoms with E-state index in [-0.39, 0.29) is 17.3 Å². The van der Waals surface area contributed by atoms with E-state index >= 15 is 0 Å². The second-order valence-electron chi connectivity index (χ2n) is 5.56. The number of nitrogens with zero attached hydrogens (tertiary/aromatic N) is 2. The van der Waals surface area contributed by atoms with Crippen LogP contribution < -0.4 is 0 Å². The van der Waals surface area contributed by atoms with E-state index < -0.39 is 6.04 Å². The lowest BCUT2D eigenvalue weighted by Gasteiger charge is -2.22. The van der Waals surface area contributed by atoms with Gasteiger partial charge in [0.2, 0.25) is 0 Å². The number of aromatic nitrogens is 1. The summed E-state index contributed by atoms with van der Waals surface area (Å²) >= 11 is 0. The van der Waals surface area contributed by atoms with Crippen molar-refractivity contribution in [3.05, 3.63) is 30.1 Å². The van der Waals surface area contributed by atoms with Crippen molar-refractivity contribution in [2.45, 2.75) is 26.3 Å². The van der Waals surface area contributed by atoms with Crippen LogP contribution in [0, 0.1) is 5.41 Å². The van der Waals surface area contributed by atoms with Crippen LogP contribution in [0.15, 0.2) is 24.4 Å². The van der Waals surface area contributed by atoms with Gasteiger partial charge in [-0.15, -0.1) is 0 Å². The zero-order chi connectivity index (χ0) is 14.0. The van der Waals surface area contributed by atoms with Crippen molar-refractivity contribution in [3.63, 3.8) is 0 Å². The molecule has 2 rings (SSSR count). The fraction of sp³-hybridized carbons (Fsp3) is 0.500. The number of ether oxygens (including phenoxy) is 1. The van der Waals surface area contributed by atoms with E-state index in [1.54, 1.807) is 29.3 Å². The summed E-state index contributed by atoms with van der Waals surface area (Å²) < 4.78 is 4.79. The average molecular weight is 262 g/mol. The summed E-state index contributed by atoms with van der Waals surface area (Å²) in [5, 5.41) is 0. The molecule has 1 atom stereocenters. The molecule has 0 aromatic carbocycles. The van der Waals surface area contributed by atoms with Crippen molar-refractivity contribution in [2.24, 2.45) is 5.41 Å². The van der Waals surface area contributed by atoms with Crippen LogP contribution in [0.1, 0.15) is 30.8 Å². The van der Waals surface area contributed by atoms with Gasteiger partial charge in [-0.25, -0.2) is 4.79 Å². The van der Waals surface area contributed by atoms with Crippen molar-refractivity contribution in [2.75, 3.05) is 13.7 Å². The predicted octanol–water partition coefficient (Wildman–Crippen LogP) is 1.50. The first-order chi connectivity index (χ1) is 8.94. The Bertz CT molecular complexity index is 485. The molecule has 2 heterocycles. The molecule has 0 aliphatic carbocycles. The molecule has 1 aliphatic heterocycles. The second-order valence-corrected chi connectivity index (χ2v) is 5.56. The zero-order valence-electron chi connectivity index (χ0n) is 11.4. The second kappa shape index (κ2) is 4.99. The maximum Gasteiger partial charge on any atom is 0.328 e. The number of rotatable bonds is 2. The maximum absolute atomic E-state index is 12.4. The molecule has 1 aliphatic rings. The molecular formula is C14H18N2O3. The van der Waals surface area contributed by atoms with Crippen LogP contribution in [0.4, 0.5) is 0 Å². The van der Waals surface area contributed by atoms with Gasteiger partial charge in [-0.1, -0.05) is 19.9 Å². The van der Waals surface area contributed by atoms with E-state index in [1.807, 2.05) is 13.8 Å². The summed E-state index contributed by atoms with van der Waals surface area (Å²) in [7, 11) is 1.34. The summed E-state index contributed by atoms with van der Waals surface area (Å²) in [6.45, 7) is 4.60. The molecule has 1 amide bonds. The molecule has 19 heavy (non-hydrogen) atoms. The summed E-state index contributed by atoms with van der Waals surface area (Å²) in [4.78, 5) is 29.8. The average Bonchev–Trinajstić information content (AvgIpc) is 2.74. The summed E-state index contributed by atoms with van der Waals surface area (Å²) in [5.74, 6) is -0.587. The first-order valence-electron chi connectivity index (χ1n) is 6.24. The van der Waals surface area contributed by atoms with Gasteiger partial charge in [0.05, 0.1) is 7.11 Å². The third-order valence-electron chi connectivity index (χ3n) is 3.34. The van der Waals surface area contributed by atoms with Crippen LogP contribution in [-0.4, -0.2) is 41.5 Å². The molecule has 5 heteroatoms. The Balaban J connectivity index is 2.26. The molecule has 0 spiro atoms. The number of carbonyl (C=O) groups excluding carboxylic acids is 2. The van der Waals surface area contributed by atoms with E-state index in [0.29, 0.717) is 18.7 Å². The summed E-state index contributed by atoms with van der Waals surface area (Å²) in [6, 6.07) is 4.65. The molecular weight excluding hydrogens is 244 g/mol. The molecule has 1 aromatic heterocycles. The maximum atomic E-state index is 12.4. The van der Waals surface area contributed by atoms with Crippen molar-refractivity contribution in [1.29, 1.82) is 0 Å². The Hall–Kier alpha value is -1.91. The standard InChI is InChI=1S/C14H18N2O3/c1-14(2)8-11(13(18)19-3)16(9-14)12(17)10-6-4-5-7-15-10/h4-7,11H,8-9H2,1-3H3/t11-/m0/s1. The SMILES string of the molecule is COC(=O)[C@@H]1CC(C)(C)CN1C(=O)c1ccccn1. The van der Waals surface area contributed by atoms with Gasteiger partial charge in [0, 0.05) is 12.7 Å². The van der Waals surface area contributed by atoms with Crippen molar-refractivity contribution < 1.29 is 14.3 Å². The van der Waals surface area contributed by atoms with Gasteiger partial charge >= 0.3 is 5.97 Å². The highest BCUT2D eigenvalue weighted by Gasteiger charge is 2.44. The van der Waals surface area contributed by atoms with Gasteiger partial charge in [-0.05, 0) is 24.0 Å². The Kier molecular flexibility index (Phi) is 3.55. The van der Waals surface area contributed by atoms with Gasteiger partial charge in [-0.2, -0.15) is 0 Å². The highest BCUT2D eigenvalue weighted by molar-refractivity contribution is 5.95. The van der Waals surface area contributed by atoms with Gasteiger partial charge in [0.15, 0.2) is 0 Å². The molecule has 0 N–H and O–H groups in total. The Morgan fingerprint density at radius 3 is 2.74 bits per heavy atom. The molecule has 1 saturated heterocycles. The first kappa shape index (κ1) is 13.5. The van der Waals surface area contributed by atoms with E-state index in [2.05, 4.69) is 4.98 Å². The monoisotopic (exact) mass is 262 g/mol. The zero-order valence-corrected chi connectivity index (χ0v) is 11.4. The van der Waals surface area contributed by atoms with Crippen LogP contribution in [-0.2, 0) is 9.53 Å². The molecule has 102 valence electrons. The number of methoxy groups -OCH3 is 1. The smallest absolute Gasteiger partial charge is 0.328 e. The molecule has 1 aromatic rings. The Morgan fingerprint density at radius 2 is 2.16 bits per heavy atom. The minimum atomic E-state index is -0.519. The van der Waals surface area contributed by atoms with Crippen LogP contribution in [0.25, 0.3) is 0 Å². The fourth-order valence-corrected chi connectivity index (χ4v) is 2.47. The largest absolute Gasteiger partial charge is 0.467 e. The first-order valence-corrected chi connectivity index (χ1v) is 6.24. The van der Waals surface area contributed by atoms with Crippen LogP contribution in [0.3, 0.4) is 0 Å². The molecule has 0 saturated carbocycles. The van der Waals surface area contributed by atoms with Crippen LogP contribution in [0.5, 0.6) is 0 Å². The minimum Gasteiger partial charge on any atom is -0.467 e. The number of pyridine rings is 1. The molecule has 1 fully saturated rings. The van der Waals surface area contributed by atoms with Gasteiger partial charge in [0.25, 0.3) is 5.91 Å². The highest BCUT2D eigenvalue weighted by Crippen LogP contribution is 2.35.